The second-order valence-electron chi connectivity index (χ2n) is 2.46. The van der Waals surface area contributed by atoms with Crippen LogP contribution in [0.4, 0.5) is 5.69 Å². The summed E-state index contributed by atoms with van der Waals surface area (Å²) in [5.41, 5.74) is 5.22. The zero-order valence-corrected chi connectivity index (χ0v) is 7.15. The Hall–Kier alpha value is -1.85. The molecule has 0 spiro atoms. The van der Waals surface area contributed by atoms with Crippen LogP contribution >= 0.6 is 0 Å². The van der Waals surface area contributed by atoms with Gasteiger partial charge in [-0.2, -0.15) is 5.10 Å². The Kier molecular flexibility index (Phi) is 2.63. The Morgan fingerprint density at radius 1 is 1.77 bits per heavy atom. The van der Waals surface area contributed by atoms with Crippen molar-refractivity contribution in [3.05, 3.63) is 22.6 Å². The maximum Gasteiger partial charge on any atom is 0.269 e. The van der Waals surface area contributed by atoms with Crippen LogP contribution in [0.15, 0.2) is 17.1 Å². The average molecular weight is 182 g/mol. The van der Waals surface area contributed by atoms with Crippen molar-refractivity contribution in [1.82, 2.24) is 15.1 Å². The third kappa shape index (κ3) is 2.29. The van der Waals surface area contributed by atoms with Gasteiger partial charge < -0.3 is 11.1 Å². The molecule has 0 atom stereocenters. The molecule has 6 nitrogen and oxygen atoms in total. The number of nitrogens with two attached hydrogens (primary N) is 1. The first kappa shape index (κ1) is 9.24. The van der Waals surface area contributed by atoms with Crippen LogP contribution in [0.3, 0.4) is 0 Å². The van der Waals surface area contributed by atoms with Gasteiger partial charge in [-0.25, -0.2) is 4.68 Å². The van der Waals surface area contributed by atoms with E-state index >= 15 is 0 Å². The SMILES string of the molecule is CNC(=O)Cn1ncc(N)cc1=O. The predicted molar refractivity (Wildman–Crippen MR) is 47.0 cm³/mol. The number of amides is 1. The lowest BCUT2D eigenvalue weighted by atomic mass is 10.5. The Morgan fingerprint density at radius 3 is 3.00 bits per heavy atom. The van der Waals surface area contributed by atoms with Crippen molar-refractivity contribution in [1.29, 1.82) is 0 Å². The fraction of sp³-hybridized carbons (Fsp3) is 0.286. The van der Waals surface area contributed by atoms with Crippen LogP contribution in [0.1, 0.15) is 0 Å². The summed E-state index contributed by atoms with van der Waals surface area (Å²) in [6.07, 6.45) is 1.32. The zero-order valence-electron chi connectivity index (χ0n) is 7.15. The van der Waals surface area contributed by atoms with E-state index in [-0.39, 0.29) is 23.7 Å². The molecule has 0 bridgehead atoms. The minimum atomic E-state index is -0.386. The molecular formula is C7H10N4O2. The van der Waals surface area contributed by atoms with Gasteiger partial charge in [-0.05, 0) is 0 Å². The molecule has 0 aliphatic carbocycles. The number of carbonyl (C=O) groups excluding carboxylic acids is 1. The molecule has 1 aromatic heterocycles. The van der Waals surface area contributed by atoms with Crippen LogP contribution in [0.25, 0.3) is 0 Å². The number of aromatic nitrogens is 2. The van der Waals surface area contributed by atoms with E-state index in [1.807, 2.05) is 0 Å². The number of nitrogen functional groups attached to an aromatic ring is 1. The summed E-state index contributed by atoms with van der Waals surface area (Å²) >= 11 is 0. The lowest BCUT2D eigenvalue weighted by Gasteiger charge is -2.02. The smallest absolute Gasteiger partial charge is 0.269 e. The molecule has 70 valence electrons. The van der Waals surface area contributed by atoms with E-state index in [0.717, 1.165) is 4.68 Å². The quantitative estimate of drug-likeness (QED) is 0.586. The lowest BCUT2D eigenvalue weighted by molar-refractivity contribution is -0.121. The first-order chi connectivity index (χ1) is 6.13. The summed E-state index contributed by atoms with van der Waals surface area (Å²) in [5, 5.41) is 6.07. The first-order valence-corrected chi connectivity index (χ1v) is 3.66. The lowest BCUT2D eigenvalue weighted by Crippen LogP contribution is -2.31. The minimum Gasteiger partial charge on any atom is -0.397 e. The van der Waals surface area contributed by atoms with Crippen molar-refractivity contribution in [2.45, 2.75) is 6.54 Å². The van der Waals surface area contributed by atoms with Gasteiger partial charge in [0.05, 0.1) is 11.9 Å². The summed E-state index contributed by atoms with van der Waals surface area (Å²) in [6.45, 7) is -0.0877. The van der Waals surface area contributed by atoms with Gasteiger partial charge in [-0.1, -0.05) is 0 Å². The third-order valence-electron chi connectivity index (χ3n) is 1.46. The van der Waals surface area contributed by atoms with Crippen molar-refractivity contribution in [3.8, 4) is 0 Å². The standard InChI is InChI=1S/C7H10N4O2/c1-9-6(12)4-11-7(13)2-5(8)3-10-11/h2-3H,4,8H2,1H3,(H,9,12). The van der Waals surface area contributed by atoms with Crippen molar-refractivity contribution < 1.29 is 4.79 Å². The Labute approximate surface area is 74.4 Å². The fourth-order valence-electron chi connectivity index (χ4n) is 0.781. The topological polar surface area (TPSA) is 90.0 Å². The molecule has 0 unspecified atom stereocenters. The molecule has 0 fully saturated rings. The average Bonchev–Trinajstić information content (AvgIpc) is 2.09. The summed E-state index contributed by atoms with van der Waals surface area (Å²) in [5.74, 6) is -0.278. The number of carbonyl (C=O) groups is 1. The van der Waals surface area contributed by atoms with Crippen molar-refractivity contribution in [3.63, 3.8) is 0 Å². The van der Waals surface area contributed by atoms with Crippen molar-refractivity contribution in [2.75, 3.05) is 12.8 Å². The van der Waals surface area contributed by atoms with Gasteiger partial charge in [0.1, 0.15) is 6.54 Å². The van der Waals surface area contributed by atoms with E-state index in [1.54, 1.807) is 0 Å². The molecule has 3 N–H and O–H groups in total. The molecule has 1 amide bonds. The summed E-state index contributed by atoms with van der Waals surface area (Å²) in [4.78, 5) is 22.0. The van der Waals surface area contributed by atoms with E-state index in [9.17, 15) is 9.59 Å². The minimum absolute atomic E-state index is 0.0877. The zero-order chi connectivity index (χ0) is 9.84. The van der Waals surface area contributed by atoms with Crippen LogP contribution in [0, 0.1) is 0 Å². The Morgan fingerprint density at radius 2 is 2.46 bits per heavy atom. The summed E-state index contributed by atoms with van der Waals surface area (Å²) < 4.78 is 1.04. The highest BCUT2D eigenvalue weighted by atomic mass is 16.2. The molecule has 1 heterocycles. The highest BCUT2D eigenvalue weighted by molar-refractivity contribution is 5.75. The molecule has 0 aliphatic rings. The van der Waals surface area contributed by atoms with Gasteiger partial charge in [0, 0.05) is 13.1 Å². The van der Waals surface area contributed by atoms with E-state index < -0.39 is 0 Å². The maximum absolute atomic E-state index is 11.1. The Balaban J connectivity index is 2.90. The predicted octanol–water partition coefficient (Wildman–Crippen LogP) is -1.43. The van der Waals surface area contributed by atoms with Gasteiger partial charge >= 0.3 is 0 Å². The third-order valence-corrected chi connectivity index (χ3v) is 1.46. The van der Waals surface area contributed by atoms with Gasteiger partial charge in [-0.3, -0.25) is 9.59 Å². The molecule has 0 radical (unpaired) electrons. The second-order valence-corrected chi connectivity index (χ2v) is 2.46. The largest absolute Gasteiger partial charge is 0.397 e. The number of hydrogen-bond acceptors (Lipinski definition) is 4. The Bertz CT molecular complexity index is 371. The summed E-state index contributed by atoms with van der Waals surface area (Å²) in [7, 11) is 1.49. The van der Waals surface area contributed by atoms with Crippen molar-refractivity contribution >= 4 is 11.6 Å². The molecule has 6 heteroatoms. The molecule has 1 rings (SSSR count). The van der Waals surface area contributed by atoms with E-state index in [2.05, 4.69) is 10.4 Å². The number of hydrogen-bond donors (Lipinski definition) is 2. The van der Waals surface area contributed by atoms with E-state index in [4.69, 9.17) is 5.73 Å². The molecule has 13 heavy (non-hydrogen) atoms. The van der Waals surface area contributed by atoms with Crippen molar-refractivity contribution in [2.24, 2.45) is 0 Å². The molecule has 0 aromatic carbocycles. The normalized spacial score (nSPS) is 9.62. The number of anilines is 1. The monoisotopic (exact) mass is 182 g/mol. The van der Waals surface area contributed by atoms with Crippen LogP contribution < -0.4 is 16.6 Å². The second kappa shape index (κ2) is 3.70. The number of likely N-dealkylation sites (N-methyl/N-ethyl adjacent to an activating group) is 1. The van der Waals surface area contributed by atoms with Gasteiger partial charge in [-0.15, -0.1) is 0 Å². The van der Waals surface area contributed by atoms with Crippen LogP contribution in [-0.2, 0) is 11.3 Å². The van der Waals surface area contributed by atoms with Crippen LogP contribution in [-0.4, -0.2) is 22.7 Å². The van der Waals surface area contributed by atoms with Gasteiger partial charge in [0.2, 0.25) is 5.91 Å². The van der Waals surface area contributed by atoms with E-state index in [1.165, 1.54) is 19.3 Å². The summed E-state index contributed by atoms with van der Waals surface area (Å²) in [6, 6.07) is 1.22. The van der Waals surface area contributed by atoms with Gasteiger partial charge in [0.15, 0.2) is 0 Å². The van der Waals surface area contributed by atoms with E-state index in [0.29, 0.717) is 0 Å². The molecular weight excluding hydrogens is 172 g/mol. The molecule has 0 saturated carbocycles. The molecule has 1 aromatic rings. The molecule has 0 saturated heterocycles. The highest BCUT2D eigenvalue weighted by Gasteiger charge is 2.02. The maximum atomic E-state index is 11.1. The fourth-order valence-corrected chi connectivity index (χ4v) is 0.781. The van der Waals surface area contributed by atoms with Crippen LogP contribution in [0.5, 0.6) is 0 Å². The first-order valence-electron chi connectivity index (χ1n) is 3.66. The number of nitrogens with one attached hydrogen (secondary N) is 1. The molecule has 0 aliphatic heterocycles. The van der Waals surface area contributed by atoms with Crippen LogP contribution in [0.2, 0.25) is 0 Å². The number of nitrogens with zero attached hydrogens (tertiary/aromatic N) is 2. The highest BCUT2D eigenvalue weighted by Crippen LogP contribution is 1.89. The van der Waals surface area contributed by atoms with Gasteiger partial charge in [0.25, 0.3) is 5.56 Å². The number of rotatable bonds is 2.